The van der Waals surface area contributed by atoms with Crippen LogP contribution < -0.4 is 11.1 Å². The fourth-order valence-corrected chi connectivity index (χ4v) is 1.32. The van der Waals surface area contributed by atoms with Crippen LogP contribution >= 0.6 is 0 Å². The van der Waals surface area contributed by atoms with Crippen molar-refractivity contribution in [3.05, 3.63) is 29.3 Å². The summed E-state index contributed by atoms with van der Waals surface area (Å²) in [5.74, 6) is -0.0558. The molecule has 0 spiro atoms. The van der Waals surface area contributed by atoms with E-state index in [1.165, 1.54) is 0 Å². The first-order valence-corrected chi connectivity index (χ1v) is 5.44. The fraction of sp³-hybridized carbons (Fsp3) is 0.462. The molecule has 0 unspecified atom stereocenters. The second-order valence-electron chi connectivity index (χ2n) is 5.32. The van der Waals surface area contributed by atoms with Crippen molar-refractivity contribution in [1.29, 1.82) is 0 Å². The first kappa shape index (κ1) is 12.6. The quantitative estimate of drug-likeness (QED) is 0.752. The minimum atomic E-state index is -0.0558. The highest BCUT2D eigenvalue weighted by atomic mass is 16.1. The lowest BCUT2D eigenvalue weighted by Gasteiger charge is -2.19. The van der Waals surface area contributed by atoms with Gasteiger partial charge in [0.2, 0.25) is 0 Å². The fourth-order valence-electron chi connectivity index (χ4n) is 1.32. The lowest BCUT2D eigenvalue weighted by molar-refractivity contribution is 0.0938. The maximum absolute atomic E-state index is 11.9. The monoisotopic (exact) mass is 220 g/mol. The highest BCUT2D eigenvalue weighted by Crippen LogP contribution is 2.14. The Balaban J connectivity index is 2.77. The molecule has 3 N–H and O–H groups in total. The summed E-state index contributed by atoms with van der Waals surface area (Å²) in [4.78, 5) is 11.9. The maximum Gasteiger partial charge on any atom is 0.251 e. The zero-order chi connectivity index (χ0) is 12.3. The van der Waals surface area contributed by atoms with Crippen LogP contribution in [0.15, 0.2) is 18.2 Å². The van der Waals surface area contributed by atoms with Crippen LogP contribution in [0.2, 0.25) is 0 Å². The normalized spacial score (nSPS) is 11.2. The molecule has 0 saturated heterocycles. The van der Waals surface area contributed by atoms with E-state index in [0.29, 0.717) is 17.8 Å². The van der Waals surface area contributed by atoms with Crippen molar-refractivity contribution >= 4 is 11.6 Å². The number of nitrogens with two attached hydrogens (primary N) is 1. The minimum Gasteiger partial charge on any atom is -0.399 e. The Morgan fingerprint density at radius 1 is 1.38 bits per heavy atom. The first-order valence-electron chi connectivity index (χ1n) is 5.44. The molecule has 0 saturated carbocycles. The molecule has 1 rings (SSSR count). The van der Waals surface area contributed by atoms with Crippen molar-refractivity contribution in [2.75, 3.05) is 12.3 Å². The number of rotatable bonds is 2. The number of aryl methyl sites for hydroxylation is 1. The molecule has 0 heterocycles. The van der Waals surface area contributed by atoms with E-state index in [0.717, 1.165) is 5.56 Å². The highest BCUT2D eigenvalue weighted by Gasteiger charge is 2.14. The summed E-state index contributed by atoms with van der Waals surface area (Å²) in [6.45, 7) is 8.81. The van der Waals surface area contributed by atoms with Gasteiger partial charge in [0.15, 0.2) is 0 Å². The van der Waals surface area contributed by atoms with Crippen LogP contribution in [0.5, 0.6) is 0 Å². The summed E-state index contributed by atoms with van der Waals surface area (Å²) in [5.41, 5.74) is 7.97. The summed E-state index contributed by atoms with van der Waals surface area (Å²) in [5, 5.41) is 2.91. The van der Waals surface area contributed by atoms with Gasteiger partial charge in [0.1, 0.15) is 0 Å². The molecule has 1 aromatic carbocycles. The summed E-state index contributed by atoms with van der Waals surface area (Å²) < 4.78 is 0. The minimum absolute atomic E-state index is 0.0558. The predicted molar refractivity (Wildman–Crippen MR) is 67.4 cm³/mol. The Bertz CT molecular complexity index is 391. The molecular formula is C13H20N2O. The number of hydrogen-bond acceptors (Lipinski definition) is 2. The van der Waals surface area contributed by atoms with Crippen molar-refractivity contribution in [2.24, 2.45) is 5.41 Å². The topological polar surface area (TPSA) is 55.1 Å². The molecule has 0 atom stereocenters. The van der Waals surface area contributed by atoms with Crippen molar-refractivity contribution in [1.82, 2.24) is 5.32 Å². The van der Waals surface area contributed by atoms with Gasteiger partial charge in [-0.15, -0.1) is 0 Å². The average molecular weight is 220 g/mol. The number of carbonyl (C=O) groups excluding carboxylic acids is 1. The van der Waals surface area contributed by atoms with Gasteiger partial charge in [-0.25, -0.2) is 0 Å². The highest BCUT2D eigenvalue weighted by molar-refractivity contribution is 5.96. The van der Waals surface area contributed by atoms with Gasteiger partial charge in [-0.3, -0.25) is 4.79 Å². The Morgan fingerprint density at radius 2 is 2.00 bits per heavy atom. The Labute approximate surface area is 97.0 Å². The molecule has 0 aromatic heterocycles. The third kappa shape index (κ3) is 3.57. The van der Waals surface area contributed by atoms with Crippen molar-refractivity contribution in [3.63, 3.8) is 0 Å². The Morgan fingerprint density at radius 3 is 2.56 bits per heavy atom. The molecule has 0 radical (unpaired) electrons. The summed E-state index contributed by atoms with van der Waals surface area (Å²) in [7, 11) is 0. The molecule has 0 fully saturated rings. The largest absolute Gasteiger partial charge is 0.399 e. The van der Waals surface area contributed by atoms with Crippen LogP contribution in [0.25, 0.3) is 0 Å². The number of benzene rings is 1. The molecule has 16 heavy (non-hydrogen) atoms. The zero-order valence-electron chi connectivity index (χ0n) is 10.4. The van der Waals surface area contributed by atoms with E-state index in [4.69, 9.17) is 5.73 Å². The second kappa shape index (κ2) is 4.56. The Hall–Kier alpha value is -1.51. The number of amides is 1. The van der Waals surface area contributed by atoms with Crippen LogP contribution in [0.1, 0.15) is 36.7 Å². The molecule has 0 aliphatic heterocycles. The van der Waals surface area contributed by atoms with Gasteiger partial charge in [0.25, 0.3) is 5.91 Å². The number of nitrogen functional groups attached to an aromatic ring is 1. The van der Waals surface area contributed by atoms with E-state index in [1.807, 2.05) is 13.0 Å². The summed E-state index contributed by atoms with van der Waals surface area (Å²) in [6, 6.07) is 5.38. The number of hydrogen-bond donors (Lipinski definition) is 2. The lowest BCUT2D eigenvalue weighted by Crippen LogP contribution is -2.32. The van der Waals surface area contributed by atoms with E-state index in [9.17, 15) is 4.79 Å². The number of anilines is 1. The molecule has 1 aromatic rings. The third-order valence-corrected chi connectivity index (χ3v) is 2.29. The van der Waals surface area contributed by atoms with E-state index in [1.54, 1.807) is 12.1 Å². The molecule has 3 nitrogen and oxygen atoms in total. The second-order valence-corrected chi connectivity index (χ2v) is 5.32. The standard InChI is InChI=1S/C13H20N2O/c1-9-5-6-10(14)7-11(9)12(16)15-8-13(2,3)4/h5-7H,8,14H2,1-4H3,(H,15,16). The molecule has 1 amide bonds. The molecule has 88 valence electrons. The number of nitrogens with one attached hydrogen (secondary N) is 1. The van der Waals surface area contributed by atoms with Crippen molar-refractivity contribution in [3.8, 4) is 0 Å². The van der Waals surface area contributed by atoms with Crippen molar-refractivity contribution < 1.29 is 4.79 Å². The van der Waals surface area contributed by atoms with Gasteiger partial charge in [-0.05, 0) is 30.0 Å². The van der Waals surface area contributed by atoms with Crippen LogP contribution in [-0.2, 0) is 0 Å². The number of carbonyl (C=O) groups is 1. The summed E-state index contributed by atoms with van der Waals surface area (Å²) >= 11 is 0. The van der Waals surface area contributed by atoms with Crippen LogP contribution in [0, 0.1) is 12.3 Å². The average Bonchev–Trinajstić information content (AvgIpc) is 2.17. The predicted octanol–water partition coefficient (Wildman–Crippen LogP) is 2.35. The van der Waals surface area contributed by atoms with Gasteiger partial charge in [0, 0.05) is 17.8 Å². The molecular weight excluding hydrogens is 200 g/mol. The summed E-state index contributed by atoms with van der Waals surface area (Å²) in [6.07, 6.45) is 0. The van der Waals surface area contributed by atoms with E-state index in [2.05, 4.69) is 26.1 Å². The van der Waals surface area contributed by atoms with E-state index in [-0.39, 0.29) is 11.3 Å². The lowest BCUT2D eigenvalue weighted by atomic mass is 9.96. The maximum atomic E-state index is 11.9. The van der Waals surface area contributed by atoms with Gasteiger partial charge in [-0.1, -0.05) is 26.8 Å². The SMILES string of the molecule is Cc1ccc(N)cc1C(=O)NCC(C)(C)C. The van der Waals surface area contributed by atoms with Gasteiger partial charge in [-0.2, -0.15) is 0 Å². The molecule has 0 bridgehead atoms. The van der Waals surface area contributed by atoms with Crippen LogP contribution in [0.3, 0.4) is 0 Å². The Kier molecular flexibility index (Phi) is 3.58. The molecule has 0 aliphatic rings. The smallest absolute Gasteiger partial charge is 0.251 e. The van der Waals surface area contributed by atoms with E-state index >= 15 is 0 Å². The first-order chi connectivity index (χ1) is 7.29. The third-order valence-electron chi connectivity index (χ3n) is 2.29. The zero-order valence-corrected chi connectivity index (χ0v) is 10.4. The van der Waals surface area contributed by atoms with Crippen LogP contribution in [-0.4, -0.2) is 12.5 Å². The van der Waals surface area contributed by atoms with Gasteiger partial charge >= 0.3 is 0 Å². The van der Waals surface area contributed by atoms with Gasteiger partial charge in [0.05, 0.1) is 0 Å². The molecule has 0 aliphatic carbocycles. The molecule has 3 heteroatoms. The van der Waals surface area contributed by atoms with E-state index < -0.39 is 0 Å². The van der Waals surface area contributed by atoms with Gasteiger partial charge < -0.3 is 11.1 Å². The van der Waals surface area contributed by atoms with Crippen molar-refractivity contribution in [2.45, 2.75) is 27.7 Å². The van der Waals surface area contributed by atoms with Crippen LogP contribution in [0.4, 0.5) is 5.69 Å².